The summed E-state index contributed by atoms with van der Waals surface area (Å²) >= 11 is 0. The quantitative estimate of drug-likeness (QED) is 0.709. The van der Waals surface area contributed by atoms with Crippen LogP contribution in [0.3, 0.4) is 0 Å². The second-order valence-electron chi connectivity index (χ2n) is 7.17. The zero-order valence-electron chi connectivity index (χ0n) is 14.6. The second kappa shape index (κ2) is 6.30. The third-order valence-electron chi connectivity index (χ3n) is 5.53. The number of aryl methyl sites for hydroxylation is 1. The van der Waals surface area contributed by atoms with Crippen LogP contribution in [0.1, 0.15) is 41.8 Å². The first-order valence-electron chi connectivity index (χ1n) is 9.16. The highest BCUT2D eigenvalue weighted by molar-refractivity contribution is 5.80. The number of halogens is 1. The summed E-state index contributed by atoms with van der Waals surface area (Å²) in [7, 11) is 0. The van der Waals surface area contributed by atoms with Gasteiger partial charge in [0.05, 0.1) is 6.04 Å². The van der Waals surface area contributed by atoms with Crippen LogP contribution in [0.5, 0.6) is 0 Å². The van der Waals surface area contributed by atoms with Crippen LogP contribution in [-0.2, 0) is 11.2 Å². The van der Waals surface area contributed by atoms with E-state index >= 15 is 0 Å². The number of benzene rings is 2. The Morgan fingerprint density at radius 2 is 1.93 bits per heavy atom. The van der Waals surface area contributed by atoms with E-state index in [9.17, 15) is 9.18 Å². The van der Waals surface area contributed by atoms with E-state index in [0.717, 1.165) is 12.8 Å². The smallest absolute Gasteiger partial charge is 0.257 e. The summed E-state index contributed by atoms with van der Waals surface area (Å²) in [4.78, 5) is 19.1. The maximum absolute atomic E-state index is 13.1. The Bertz CT molecular complexity index is 999. The Morgan fingerprint density at radius 3 is 2.78 bits per heavy atom. The minimum atomic E-state index is -0.313. The van der Waals surface area contributed by atoms with Crippen molar-refractivity contribution in [2.45, 2.75) is 31.2 Å². The molecule has 27 heavy (non-hydrogen) atoms. The fourth-order valence-corrected chi connectivity index (χ4v) is 4.17. The average molecular weight is 363 g/mol. The SMILES string of the molecule is O=C1CC(c2noc(-c3ccc(F)cc3)n2)CN1C1CCc2ccccc21. The number of likely N-dealkylation sites (tertiary alicyclic amines) is 1. The molecule has 1 aliphatic carbocycles. The number of nitrogens with zero attached hydrogens (tertiary/aromatic N) is 3. The van der Waals surface area contributed by atoms with Gasteiger partial charge in [-0.3, -0.25) is 4.79 Å². The molecular weight excluding hydrogens is 345 g/mol. The van der Waals surface area contributed by atoms with Crippen molar-refractivity contribution >= 4 is 5.91 Å². The predicted molar refractivity (Wildman–Crippen MR) is 96.3 cm³/mol. The first kappa shape index (κ1) is 16.2. The number of rotatable bonds is 3. The number of hydrogen-bond acceptors (Lipinski definition) is 4. The second-order valence-corrected chi connectivity index (χ2v) is 7.17. The monoisotopic (exact) mass is 363 g/mol. The number of carbonyl (C=O) groups excluding carboxylic acids is 1. The lowest BCUT2D eigenvalue weighted by atomic mass is 10.1. The molecule has 2 aromatic carbocycles. The van der Waals surface area contributed by atoms with E-state index in [1.165, 1.54) is 23.3 Å². The van der Waals surface area contributed by atoms with Gasteiger partial charge in [0.25, 0.3) is 5.89 Å². The van der Waals surface area contributed by atoms with Crippen molar-refractivity contribution in [3.05, 3.63) is 71.3 Å². The Kier molecular flexibility index (Phi) is 3.77. The topological polar surface area (TPSA) is 59.2 Å². The van der Waals surface area contributed by atoms with E-state index in [2.05, 4.69) is 22.3 Å². The standard InChI is InChI=1S/C21H18FN3O2/c22-16-8-5-14(6-9-16)21-23-20(24-27-21)15-11-19(26)25(12-15)18-10-7-13-3-1-2-4-17(13)18/h1-6,8-9,15,18H,7,10-12H2. The average Bonchev–Trinajstić information content (AvgIpc) is 3.40. The lowest BCUT2D eigenvalue weighted by Crippen LogP contribution is -2.28. The van der Waals surface area contributed by atoms with Crippen molar-refractivity contribution in [1.82, 2.24) is 15.0 Å². The molecule has 2 heterocycles. The van der Waals surface area contributed by atoms with Crippen molar-refractivity contribution < 1.29 is 13.7 Å². The first-order valence-corrected chi connectivity index (χ1v) is 9.16. The Labute approximate surface area is 155 Å². The van der Waals surface area contributed by atoms with Gasteiger partial charge in [-0.1, -0.05) is 29.4 Å². The maximum Gasteiger partial charge on any atom is 0.257 e. The van der Waals surface area contributed by atoms with Crippen LogP contribution in [0.15, 0.2) is 53.1 Å². The van der Waals surface area contributed by atoms with Crippen molar-refractivity contribution in [3.8, 4) is 11.5 Å². The minimum Gasteiger partial charge on any atom is -0.335 e. The first-order chi connectivity index (χ1) is 13.2. The molecule has 0 N–H and O–H groups in total. The van der Waals surface area contributed by atoms with Crippen LogP contribution in [0.25, 0.3) is 11.5 Å². The maximum atomic E-state index is 13.1. The zero-order chi connectivity index (χ0) is 18.4. The predicted octanol–water partition coefficient (Wildman–Crippen LogP) is 3.88. The van der Waals surface area contributed by atoms with Crippen LogP contribution >= 0.6 is 0 Å². The van der Waals surface area contributed by atoms with Gasteiger partial charge in [-0.2, -0.15) is 4.98 Å². The molecule has 0 saturated carbocycles. The third kappa shape index (κ3) is 2.81. The van der Waals surface area contributed by atoms with Crippen LogP contribution in [0, 0.1) is 5.82 Å². The molecule has 0 bridgehead atoms. The molecule has 6 heteroatoms. The zero-order valence-corrected chi connectivity index (χ0v) is 14.6. The van der Waals surface area contributed by atoms with E-state index in [4.69, 9.17) is 4.52 Å². The highest BCUT2D eigenvalue weighted by Gasteiger charge is 2.39. The number of amides is 1. The fraction of sp³-hybridized carbons (Fsp3) is 0.286. The van der Waals surface area contributed by atoms with Gasteiger partial charge >= 0.3 is 0 Å². The van der Waals surface area contributed by atoms with Gasteiger partial charge in [-0.15, -0.1) is 0 Å². The van der Waals surface area contributed by atoms with Crippen LogP contribution in [-0.4, -0.2) is 27.5 Å². The van der Waals surface area contributed by atoms with Crippen molar-refractivity contribution in [2.75, 3.05) is 6.54 Å². The molecular formula is C21H18FN3O2. The molecule has 2 aliphatic rings. The molecule has 1 amide bonds. The van der Waals surface area contributed by atoms with Crippen molar-refractivity contribution in [2.24, 2.45) is 0 Å². The fourth-order valence-electron chi connectivity index (χ4n) is 4.17. The van der Waals surface area contributed by atoms with E-state index in [-0.39, 0.29) is 23.7 Å². The lowest BCUT2D eigenvalue weighted by Gasteiger charge is -2.25. The molecule has 1 fully saturated rings. The van der Waals surface area contributed by atoms with E-state index in [1.54, 1.807) is 12.1 Å². The van der Waals surface area contributed by atoms with Gasteiger partial charge in [0.2, 0.25) is 5.91 Å². The van der Waals surface area contributed by atoms with Crippen molar-refractivity contribution in [1.29, 1.82) is 0 Å². The van der Waals surface area contributed by atoms with Crippen LogP contribution in [0.4, 0.5) is 4.39 Å². The van der Waals surface area contributed by atoms with Crippen molar-refractivity contribution in [3.63, 3.8) is 0 Å². The Morgan fingerprint density at radius 1 is 1.11 bits per heavy atom. The van der Waals surface area contributed by atoms with Gasteiger partial charge < -0.3 is 9.42 Å². The molecule has 5 rings (SSSR count). The van der Waals surface area contributed by atoms with E-state index in [0.29, 0.717) is 30.2 Å². The van der Waals surface area contributed by atoms with E-state index < -0.39 is 0 Å². The van der Waals surface area contributed by atoms with Crippen LogP contribution in [0.2, 0.25) is 0 Å². The van der Waals surface area contributed by atoms with Crippen LogP contribution < -0.4 is 0 Å². The normalized spacial score (nSPS) is 21.7. The summed E-state index contributed by atoms with van der Waals surface area (Å²) < 4.78 is 18.4. The molecule has 1 saturated heterocycles. The molecule has 5 nitrogen and oxygen atoms in total. The van der Waals surface area contributed by atoms with Gasteiger partial charge in [0.1, 0.15) is 5.82 Å². The molecule has 1 aromatic heterocycles. The molecule has 2 atom stereocenters. The summed E-state index contributed by atoms with van der Waals surface area (Å²) in [5.74, 6) is 0.629. The highest BCUT2D eigenvalue weighted by atomic mass is 19.1. The highest BCUT2D eigenvalue weighted by Crippen LogP contribution is 2.40. The van der Waals surface area contributed by atoms with E-state index in [1.807, 2.05) is 17.0 Å². The summed E-state index contributed by atoms with van der Waals surface area (Å²) in [6.45, 7) is 0.597. The van der Waals surface area contributed by atoms with Gasteiger partial charge in [-0.25, -0.2) is 4.39 Å². The molecule has 0 radical (unpaired) electrons. The summed E-state index contributed by atoms with van der Waals surface area (Å²) in [5, 5.41) is 4.08. The van der Waals surface area contributed by atoms with Gasteiger partial charge in [0, 0.05) is 24.4 Å². The Hall–Kier alpha value is -3.02. The number of aromatic nitrogens is 2. The van der Waals surface area contributed by atoms with Gasteiger partial charge in [0.15, 0.2) is 5.82 Å². The third-order valence-corrected chi connectivity index (χ3v) is 5.53. The molecule has 0 spiro atoms. The summed E-state index contributed by atoms with van der Waals surface area (Å²) in [5.41, 5.74) is 3.25. The number of carbonyl (C=O) groups is 1. The Balaban J connectivity index is 1.36. The molecule has 3 aromatic rings. The number of fused-ring (bicyclic) bond motifs is 1. The van der Waals surface area contributed by atoms with Gasteiger partial charge in [-0.05, 0) is 48.2 Å². The number of hydrogen-bond donors (Lipinski definition) is 0. The summed E-state index contributed by atoms with van der Waals surface area (Å²) in [6, 6.07) is 14.4. The molecule has 136 valence electrons. The largest absolute Gasteiger partial charge is 0.335 e. The lowest BCUT2D eigenvalue weighted by molar-refractivity contribution is -0.129. The summed E-state index contributed by atoms with van der Waals surface area (Å²) in [6.07, 6.45) is 2.36. The minimum absolute atomic E-state index is 0.0804. The molecule has 1 aliphatic heterocycles. The molecule has 2 unspecified atom stereocenters.